The molecule has 0 aliphatic rings. The Balaban J connectivity index is 3.09. The van der Waals surface area contributed by atoms with Crippen LogP contribution in [0.2, 0.25) is 5.82 Å². The fourth-order valence-electron chi connectivity index (χ4n) is 1.40. The normalized spacial score (nSPS) is 12.5. The Morgan fingerprint density at radius 3 is 2.46 bits per heavy atom. The van der Waals surface area contributed by atoms with Gasteiger partial charge in [0, 0.05) is 5.56 Å². The standard InChI is InChI=1S/C11H15BO/c1-7-4-5-10(8(2)6-7)11(13)9(3)12/h4-6,9H,12H2,1-3H3. The molecular formula is C11H15BO. The third kappa shape index (κ3) is 2.21. The molecule has 0 saturated heterocycles. The van der Waals surface area contributed by atoms with Gasteiger partial charge < -0.3 is 0 Å². The molecule has 0 fully saturated rings. The predicted molar refractivity (Wildman–Crippen MR) is 58.2 cm³/mol. The van der Waals surface area contributed by atoms with Gasteiger partial charge in [0.1, 0.15) is 7.85 Å². The Bertz CT molecular complexity index is 329. The van der Waals surface area contributed by atoms with Crippen molar-refractivity contribution < 1.29 is 4.79 Å². The molecule has 0 N–H and O–H groups in total. The number of hydrogen-bond acceptors (Lipinski definition) is 1. The number of carbonyl (C=O) groups excluding carboxylic acids is 1. The smallest absolute Gasteiger partial charge is 0.158 e. The molecule has 2 heteroatoms. The van der Waals surface area contributed by atoms with Crippen LogP contribution in [-0.4, -0.2) is 13.6 Å². The molecule has 1 nitrogen and oxygen atoms in total. The molecule has 1 aromatic carbocycles. The van der Waals surface area contributed by atoms with E-state index in [1.165, 1.54) is 5.56 Å². The Morgan fingerprint density at radius 2 is 2.00 bits per heavy atom. The van der Waals surface area contributed by atoms with Gasteiger partial charge in [-0.3, -0.25) is 4.79 Å². The van der Waals surface area contributed by atoms with E-state index in [1.807, 2.05) is 40.8 Å². The van der Waals surface area contributed by atoms with E-state index in [4.69, 9.17) is 0 Å². The molecule has 1 rings (SSSR count). The summed E-state index contributed by atoms with van der Waals surface area (Å²) in [7, 11) is 1.93. The van der Waals surface area contributed by atoms with Gasteiger partial charge in [0.15, 0.2) is 5.78 Å². The molecule has 1 aromatic rings. The summed E-state index contributed by atoms with van der Waals surface area (Å²) in [5, 5.41) is 0. The van der Waals surface area contributed by atoms with Crippen LogP contribution >= 0.6 is 0 Å². The second-order valence-electron chi connectivity index (χ2n) is 3.84. The maximum absolute atomic E-state index is 11.7. The number of Topliss-reactive ketones (excluding diaryl/α,β-unsaturated/α-hetero) is 1. The van der Waals surface area contributed by atoms with Crippen molar-refractivity contribution in [2.45, 2.75) is 26.6 Å². The van der Waals surface area contributed by atoms with Crippen LogP contribution in [-0.2, 0) is 0 Å². The molecule has 68 valence electrons. The molecule has 0 aliphatic carbocycles. The zero-order chi connectivity index (χ0) is 10.0. The van der Waals surface area contributed by atoms with Crippen molar-refractivity contribution >= 4 is 13.6 Å². The lowest BCUT2D eigenvalue weighted by molar-refractivity contribution is 0.0988. The van der Waals surface area contributed by atoms with Crippen molar-refractivity contribution in [1.29, 1.82) is 0 Å². The van der Waals surface area contributed by atoms with E-state index in [0.29, 0.717) is 0 Å². The highest BCUT2D eigenvalue weighted by Crippen LogP contribution is 2.15. The largest absolute Gasteiger partial charge is 0.295 e. The second kappa shape index (κ2) is 3.78. The summed E-state index contributed by atoms with van der Waals surface area (Å²) in [6.07, 6.45) is 0. The first-order valence-corrected chi connectivity index (χ1v) is 4.64. The monoisotopic (exact) mass is 174 g/mol. The number of benzene rings is 1. The molecule has 13 heavy (non-hydrogen) atoms. The molecule has 0 amide bonds. The number of rotatable bonds is 2. The van der Waals surface area contributed by atoms with Crippen molar-refractivity contribution in [1.82, 2.24) is 0 Å². The molecule has 0 radical (unpaired) electrons. The molecule has 1 unspecified atom stereocenters. The van der Waals surface area contributed by atoms with Gasteiger partial charge in [-0.15, -0.1) is 0 Å². The highest BCUT2D eigenvalue weighted by atomic mass is 16.1. The molecule has 0 aromatic heterocycles. The van der Waals surface area contributed by atoms with Crippen molar-refractivity contribution in [2.75, 3.05) is 0 Å². The number of carbonyl (C=O) groups is 1. The summed E-state index contributed by atoms with van der Waals surface area (Å²) in [6.45, 7) is 5.96. The summed E-state index contributed by atoms with van der Waals surface area (Å²) < 4.78 is 0. The average Bonchev–Trinajstić information content (AvgIpc) is 2.03. The van der Waals surface area contributed by atoms with E-state index in [2.05, 4.69) is 6.07 Å². The summed E-state index contributed by atoms with van der Waals surface area (Å²) >= 11 is 0. The van der Waals surface area contributed by atoms with E-state index in [-0.39, 0.29) is 11.6 Å². The first-order chi connectivity index (χ1) is 6.02. The quantitative estimate of drug-likeness (QED) is 0.494. The average molecular weight is 174 g/mol. The summed E-state index contributed by atoms with van der Waals surface area (Å²) in [5.41, 5.74) is 3.15. The lowest BCUT2D eigenvalue weighted by Crippen LogP contribution is -2.07. The third-order valence-electron chi connectivity index (χ3n) is 2.17. The minimum absolute atomic E-state index is 0.0846. The summed E-state index contributed by atoms with van der Waals surface area (Å²) in [6, 6.07) is 5.96. The van der Waals surface area contributed by atoms with Gasteiger partial charge in [-0.1, -0.05) is 30.7 Å². The second-order valence-corrected chi connectivity index (χ2v) is 3.84. The van der Waals surface area contributed by atoms with Crippen molar-refractivity contribution in [3.8, 4) is 0 Å². The highest BCUT2D eigenvalue weighted by molar-refractivity contribution is 6.27. The molecule has 0 saturated carbocycles. The first-order valence-electron chi connectivity index (χ1n) is 4.64. The Morgan fingerprint density at radius 1 is 1.38 bits per heavy atom. The van der Waals surface area contributed by atoms with Crippen LogP contribution in [0.5, 0.6) is 0 Å². The van der Waals surface area contributed by atoms with Crippen LogP contribution in [0, 0.1) is 13.8 Å². The Kier molecular flexibility index (Phi) is 2.92. The van der Waals surface area contributed by atoms with Gasteiger partial charge in [0.25, 0.3) is 0 Å². The van der Waals surface area contributed by atoms with Crippen molar-refractivity contribution in [3.05, 3.63) is 34.9 Å². The molecule has 0 heterocycles. The summed E-state index contributed by atoms with van der Waals surface area (Å²) in [4.78, 5) is 11.7. The highest BCUT2D eigenvalue weighted by Gasteiger charge is 2.12. The predicted octanol–water partition coefficient (Wildman–Crippen LogP) is 1.93. The van der Waals surface area contributed by atoms with Gasteiger partial charge in [0.05, 0.1) is 0 Å². The lowest BCUT2D eigenvalue weighted by Gasteiger charge is -2.07. The van der Waals surface area contributed by atoms with Gasteiger partial charge in [0.2, 0.25) is 0 Å². The van der Waals surface area contributed by atoms with Crippen LogP contribution in [0.1, 0.15) is 28.4 Å². The summed E-state index contributed by atoms with van der Waals surface area (Å²) in [5.74, 6) is 0.318. The van der Waals surface area contributed by atoms with Crippen molar-refractivity contribution in [2.24, 2.45) is 0 Å². The maximum atomic E-state index is 11.7. The molecule has 0 aliphatic heterocycles. The van der Waals surface area contributed by atoms with E-state index < -0.39 is 0 Å². The van der Waals surface area contributed by atoms with Crippen molar-refractivity contribution in [3.63, 3.8) is 0 Å². The fraction of sp³-hybridized carbons (Fsp3) is 0.364. The Labute approximate surface area is 80.6 Å². The molecular weight excluding hydrogens is 159 g/mol. The first kappa shape index (κ1) is 10.0. The molecule has 0 spiro atoms. The van der Waals surface area contributed by atoms with Crippen LogP contribution < -0.4 is 0 Å². The minimum atomic E-state index is 0.0846. The topological polar surface area (TPSA) is 17.1 Å². The zero-order valence-corrected chi connectivity index (χ0v) is 8.72. The van der Waals surface area contributed by atoms with Crippen LogP contribution in [0.3, 0.4) is 0 Å². The van der Waals surface area contributed by atoms with Crippen LogP contribution in [0.4, 0.5) is 0 Å². The van der Waals surface area contributed by atoms with E-state index >= 15 is 0 Å². The van der Waals surface area contributed by atoms with E-state index in [9.17, 15) is 4.79 Å². The minimum Gasteiger partial charge on any atom is -0.295 e. The number of aryl methyl sites for hydroxylation is 2. The SMILES string of the molecule is BC(C)C(=O)c1ccc(C)cc1C. The van der Waals surface area contributed by atoms with Gasteiger partial charge in [-0.25, -0.2) is 0 Å². The van der Waals surface area contributed by atoms with Gasteiger partial charge in [-0.2, -0.15) is 0 Å². The van der Waals surface area contributed by atoms with Gasteiger partial charge in [-0.05, 0) is 25.2 Å². The van der Waals surface area contributed by atoms with Crippen LogP contribution in [0.15, 0.2) is 18.2 Å². The number of ketones is 1. The third-order valence-corrected chi connectivity index (χ3v) is 2.17. The number of hydrogen-bond donors (Lipinski definition) is 0. The molecule has 1 atom stereocenters. The fourth-order valence-corrected chi connectivity index (χ4v) is 1.40. The van der Waals surface area contributed by atoms with E-state index in [0.717, 1.165) is 11.1 Å². The maximum Gasteiger partial charge on any atom is 0.158 e. The van der Waals surface area contributed by atoms with Crippen LogP contribution in [0.25, 0.3) is 0 Å². The Hall–Kier alpha value is -1.05. The molecule has 0 bridgehead atoms. The van der Waals surface area contributed by atoms with E-state index in [1.54, 1.807) is 0 Å². The van der Waals surface area contributed by atoms with Gasteiger partial charge >= 0.3 is 0 Å². The lowest BCUT2D eigenvalue weighted by atomic mass is 9.81. The zero-order valence-electron chi connectivity index (χ0n) is 8.72.